The minimum absolute atomic E-state index is 0.114. The maximum Gasteiger partial charge on any atom is 0.310 e. The summed E-state index contributed by atoms with van der Waals surface area (Å²) in [4.78, 5) is 22.3. The van der Waals surface area contributed by atoms with Crippen LogP contribution in [0.25, 0.3) is 0 Å². The highest BCUT2D eigenvalue weighted by atomic mass is 79.9. The van der Waals surface area contributed by atoms with Gasteiger partial charge in [-0.05, 0) is 37.1 Å². The summed E-state index contributed by atoms with van der Waals surface area (Å²) < 4.78 is 5.62. The van der Waals surface area contributed by atoms with Crippen LogP contribution in [0.1, 0.15) is 28.4 Å². The largest absolute Gasteiger partial charge is 0.466 e. The van der Waals surface area contributed by atoms with E-state index in [1.54, 1.807) is 13.0 Å². The molecule has 0 heterocycles. The lowest BCUT2D eigenvalue weighted by atomic mass is 10.0. The van der Waals surface area contributed by atoms with Crippen molar-refractivity contribution in [1.29, 1.82) is 0 Å². The highest BCUT2D eigenvalue weighted by Gasteiger charge is 2.12. The molecule has 0 atom stereocenters. The molecule has 86 valence electrons. The molecule has 0 amide bonds. The predicted molar refractivity (Wildman–Crippen MR) is 64.6 cm³/mol. The van der Waals surface area contributed by atoms with Gasteiger partial charge in [0.15, 0.2) is 0 Å². The molecule has 0 aliphatic rings. The number of carbonyl (C=O) groups excluding carboxylic acids is 2. The van der Waals surface area contributed by atoms with E-state index in [4.69, 9.17) is 4.74 Å². The van der Waals surface area contributed by atoms with Crippen molar-refractivity contribution in [2.24, 2.45) is 0 Å². The molecule has 16 heavy (non-hydrogen) atoms. The Morgan fingerprint density at radius 1 is 1.50 bits per heavy atom. The highest BCUT2D eigenvalue weighted by molar-refractivity contribution is 9.10. The average molecular weight is 285 g/mol. The molecule has 0 saturated carbocycles. The van der Waals surface area contributed by atoms with Crippen LogP contribution in [0.3, 0.4) is 0 Å². The van der Waals surface area contributed by atoms with Crippen molar-refractivity contribution in [3.63, 3.8) is 0 Å². The Labute approximate surface area is 103 Å². The van der Waals surface area contributed by atoms with Gasteiger partial charge >= 0.3 is 5.97 Å². The number of hydrogen-bond donors (Lipinski definition) is 0. The van der Waals surface area contributed by atoms with E-state index >= 15 is 0 Å². The minimum Gasteiger partial charge on any atom is -0.466 e. The molecule has 0 spiro atoms. The van der Waals surface area contributed by atoms with Crippen LogP contribution in [-0.4, -0.2) is 18.9 Å². The van der Waals surface area contributed by atoms with Gasteiger partial charge < -0.3 is 4.74 Å². The Morgan fingerprint density at radius 2 is 2.19 bits per heavy atom. The fourth-order valence-corrected chi connectivity index (χ4v) is 2.18. The van der Waals surface area contributed by atoms with Gasteiger partial charge in [0, 0.05) is 10.0 Å². The van der Waals surface area contributed by atoms with Crippen LogP contribution in [0.15, 0.2) is 16.6 Å². The minimum atomic E-state index is -0.324. The van der Waals surface area contributed by atoms with Crippen molar-refractivity contribution in [1.82, 2.24) is 0 Å². The van der Waals surface area contributed by atoms with Gasteiger partial charge in [0.2, 0.25) is 0 Å². The van der Waals surface area contributed by atoms with Crippen LogP contribution in [0.5, 0.6) is 0 Å². The molecule has 1 rings (SSSR count). The molecular weight excluding hydrogens is 272 g/mol. The molecule has 0 N–H and O–H groups in total. The molecule has 1 aromatic rings. The summed E-state index contributed by atoms with van der Waals surface area (Å²) in [7, 11) is 0. The first-order valence-corrected chi connectivity index (χ1v) is 5.77. The summed E-state index contributed by atoms with van der Waals surface area (Å²) >= 11 is 3.35. The Hall–Kier alpha value is -1.16. The van der Waals surface area contributed by atoms with E-state index < -0.39 is 0 Å². The molecule has 0 radical (unpaired) electrons. The summed E-state index contributed by atoms with van der Waals surface area (Å²) in [6.07, 6.45) is 0.870. The van der Waals surface area contributed by atoms with Crippen molar-refractivity contribution in [2.75, 3.05) is 6.61 Å². The molecule has 0 aromatic heterocycles. The van der Waals surface area contributed by atoms with Gasteiger partial charge in [0.1, 0.15) is 6.29 Å². The standard InChI is InChI=1S/C12H13BrO3/c1-3-16-12(15)6-10-9(7-14)4-8(2)5-11(10)13/h4-5,7H,3,6H2,1-2H3. The molecule has 0 bridgehead atoms. The number of benzene rings is 1. The van der Waals surface area contributed by atoms with Crippen LogP contribution in [0.2, 0.25) is 0 Å². The summed E-state index contributed by atoms with van der Waals surface area (Å²) in [5, 5.41) is 0. The second-order valence-electron chi connectivity index (χ2n) is 3.41. The zero-order valence-electron chi connectivity index (χ0n) is 9.25. The lowest BCUT2D eigenvalue weighted by molar-refractivity contribution is -0.142. The highest BCUT2D eigenvalue weighted by Crippen LogP contribution is 2.22. The normalized spacial score (nSPS) is 9.94. The van der Waals surface area contributed by atoms with Crippen LogP contribution >= 0.6 is 15.9 Å². The van der Waals surface area contributed by atoms with Crippen molar-refractivity contribution in [2.45, 2.75) is 20.3 Å². The van der Waals surface area contributed by atoms with Gasteiger partial charge in [-0.2, -0.15) is 0 Å². The van der Waals surface area contributed by atoms with Crippen LogP contribution in [0, 0.1) is 6.92 Å². The third kappa shape index (κ3) is 3.17. The van der Waals surface area contributed by atoms with E-state index in [1.165, 1.54) is 0 Å². The number of carbonyl (C=O) groups is 2. The van der Waals surface area contributed by atoms with E-state index in [0.29, 0.717) is 17.7 Å². The second-order valence-corrected chi connectivity index (χ2v) is 4.27. The number of hydrogen-bond acceptors (Lipinski definition) is 3. The average Bonchev–Trinajstić information content (AvgIpc) is 2.22. The van der Waals surface area contributed by atoms with E-state index in [0.717, 1.165) is 16.3 Å². The first-order chi connectivity index (χ1) is 7.58. The number of esters is 1. The first-order valence-electron chi connectivity index (χ1n) is 4.98. The number of ether oxygens (including phenoxy) is 1. The van der Waals surface area contributed by atoms with E-state index in [9.17, 15) is 9.59 Å². The zero-order chi connectivity index (χ0) is 12.1. The van der Waals surface area contributed by atoms with Gasteiger partial charge in [-0.1, -0.05) is 15.9 Å². The van der Waals surface area contributed by atoms with Crippen molar-refractivity contribution >= 4 is 28.2 Å². The summed E-state index contributed by atoms with van der Waals surface area (Å²) in [5.74, 6) is -0.324. The van der Waals surface area contributed by atoms with Crippen molar-refractivity contribution < 1.29 is 14.3 Å². The Kier molecular flexibility index (Phi) is 4.68. The first kappa shape index (κ1) is 12.9. The smallest absolute Gasteiger partial charge is 0.310 e. The SMILES string of the molecule is CCOC(=O)Cc1c(Br)cc(C)cc1C=O. The van der Waals surface area contributed by atoms with E-state index in [-0.39, 0.29) is 12.4 Å². The third-order valence-corrected chi connectivity index (χ3v) is 2.84. The number of rotatable bonds is 4. The zero-order valence-corrected chi connectivity index (χ0v) is 10.8. The molecule has 0 aliphatic carbocycles. The van der Waals surface area contributed by atoms with Gasteiger partial charge in [0.05, 0.1) is 13.0 Å². The molecule has 3 nitrogen and oxygen atoms in total. The van der Waals surface area contributed by atoms with E-state index in [2.05, 4.69) is 15.9 Å². The lowest BCUT2D eigenvalue weighted by Gasteiger charge is -2.08. The van der Waals surface area contributed by atoms with Crippen molar-refractivity contribution in [3.05, 3.63) is 33.3 Å². The van der Waals surface area contributed by atoms with Gasteiger partial charge in [-0.15, -0.1) is 0 Å². The molecule has 0 saturated heterocycles. The summed E-state index contributed by atoms with van der Waals surface area (Å²) in [6, 6.07) is 3.63. The van der Waals surface area contributed by atoms with Crippen LogP contribution < -0.4 is 0 Å². The summed E-state index contributed by atoms with van der Waals surface area (Å²) in [6.45, 7) is 3.99. The Balaban J connectivity index is 3.02. The van der Waals surface area contributed by atoms with Crippen LogP contribution in [0.4, 0.5) is 0 Å². The molecule has 4 heteroatoms. The molecule has 1 aromatic carbocycles. The lowest BCUT2D eigenvalue weighted by Crippen LogP contribution is -2.10. The third-order valence-electron chi connectivity index (χ3n) is 2.13. The molecular formula is C12H13BrO3. The summed E-state index contributed by atoms with van der Waals surface area (Å²) in [5.41, 5.74) is 2.18. The maximum absolute atomic E-state index is 11.4. The van der Waals surface area contributed by atoms with E-state index in [1.807, 2.05) is 13.0 Å². The van der Waals surface area contributed by atoms with Crippen LogP contribution in [-0.2, 0) is 16.0 Å². The quantitative estimate of drug-likeness (QED) is 0.631. The van der Waals surface area contributed by atoms with Crippen molar-refractivity contribution in [3.8, 4) is 0 Å². The molecule has 0 fully saturated rings. The molecule has 0 aliphatic heterocycles. The topological polar surface area (TPSA) is 43.4 Å². The Bertz CT molecular complexity index is 413. The van der Waals surface area contributed by atoms with Gasteiger partial charge in [-0.3, -0.25) is 9.59 Å². The Morgan fingerprint density at radius 3 is 2.75 bits per heavy atom. The number of aldehydes is 1. The number of halogens is 1. The fourth-order valence-electron chi connectivity index (χ4n) is 1.45. The second kappa shape index (κ2) is 5.80. The van der Waals surface area contributed by atoms with Gasteiger partial charge in [-0.25, -0.2) is 0 Å². The number of aryl methyl sites for hydroxylation is 1. The van der Waals surface area contributed by atoms with Gasteiger partial charge in [0.25, 0.3) is 0 Å². The maximum atomic E-state index is 11.4. The molecule has 0 unspecified atom stereocenters. The monoisotopic (exact) mass is 284 g/mol. The predicted octanol–water partition coefficient (Wildman–Crippen LogP) is 2.68. The fraction of sp³-hybridized carbons (Fsp3) is 0.333.